The van der Waals surface area contributed by atoms with Crippen molar-refractivity contribution in [3.63, 3.8) is 0 Å². The van der Waals surface area contributed by atoms with Crippen LogP contribution in [0.4, 0.5) is 0 Å². The SMILES string of the molecule is Cc1cc(C(C)(O)[PH2]=O)cc(C)c1Cc1ccc(O)c(C(=O)NC(C(=O)OCOC(=O)C(C)(C)C)C(C)C)c1. The summed E-state index contributed by atoms with van der Waals surface area (Å²) in [5, 5.41) is 22.0. The summed E-state index contributed by atoms with van der Waals surface area (Å²) < 4.78 is 21.5. The van der Waals surface area contributed by atoms with Gasteiger partial charge >= 0.3 is 11.9 Å². The molecule has 0 heterocycles. The van der Waals surface area contributed by atoms with E-state index in [0.717, 1.165) is 22.3 Å². The minimum Gasteiger partial charge on any atom is -0.507 e. The van der Waals surface area contributed by atoms with Gasteiger partial charge in [0.15, 0.2) is 0 Å². The fourth-order valence-corrected chi connectivity index (χ4v) is 4.18. The second kappa shape index (κ2) is 12.8. The van der Waals surface area contributed by atoms with Crippen molar-refractivity contribution in [2.75, 3.05) is 6.79 Å². The molecule has 3 N–H and O–H groups in total. The van der Waals surface area contributed by atoms with Gasteiger partial charge in [-0.2, -0.15) is 0 Å². The number of hydrogen-bond acceptors (Lipinski definition) is 8. The van der Waals surface area contributed by atoms with Gasteiger partial charge in [-0.1, -0.05) is 32.0 Å². The molecule has 3 unspecified atom stereocenters. The lowest BCUT2D eigenvalue weighted by Gasteiger charge is -2.22. The first-order valence-electron chi connectivity index (χ1n) is 12.7. The zero-order valence-corrected chi connectivity index (χ0v) is 25.0. The van der Waals surface area contributed by atoms with Gasteiger partial charge in [-0.25, -0.2) is 4.79 Å². The van der Waals surface area contributed by atoms with Crippen molar-refractivity contribution < 1.29 is 38.6 Å². The molecule has 0 aromatic heterocycles. The third-order valence-electron chi connectivity index (χ3n) is 6.41. The molecule has 0 bridgehead atoms. The lowest BCUT2D eigenvalue weighted by atomic mass is 9.92. The maximum Gasteiger partial charge on any atom is 0.331 e. The quantitative estimate of drug-likeness (QED) is 0.221. The van der Waals surface area contributed by atoms with Crippen LogP contribution in [0.25, 0.3) is 0 Å². The summed E-state index contributed by atoms with van der Waals surface area (Å²) in [6.07, 6.45) is 0.444. The molecular weight excluding hydrogens is 521 g/mol. The van der Waals surface area contributed by atoms with Gasteiger partial charge in [0.25, 0.3) is 5.91 Å². The van der Waals surface area contributed by atoms with Crippen molar-refractivity contribution in [2.24, 2.45) is 11.3 Å². The maximum absolute atomic E-state index is 13.1. The smallest absolute Gasteiger partial charge is 0.331 e. The molecule has 0 aliphatic rings. The number of nitrogens with one attached hydrogen (secondary N) is 1. The summed E-state index contributed by atoms with van der Waals surface area (Å²) in [4.78, 5) is 37.6. The molecule has 2 aromatic carbocycles. The minimum absolute atomic E-state index is 0.00470. The zero-order chi connectivity index (χ0) is 29.7. The van der Waals surface area contributed by atoms with Crippen LogP contribution >= 0.6 is 8.46 Å². The Balaban J connectivity index is 2.21. The number of rotatable bonds is 10. The summed E-state index contributed by atoms with van der Waals surface area (Å²) >= 11 is 0. The number of amides is 1. The monoisotopic (exact) mass is 561 g/mol. The predicted octanol–water partition coefficient (Wildman–Crippen LogP) is 4.37. The van der Waals surface area contributed by atoms with Crippen LogP contribution in [0.3, 0.4) is 0 Å². The Morgan fingerprint density at radius 3 is 2.10 bits per heavy atom. The lowest BCUT2D eigenvalue weighted by molar-refractivity contribution is -0.174. The Morgan fingerprint density at radius 1 is 1.00 bits per heavy atom. The van der Waals surface area contributed by atoms with E-state index >= 15 is 0 Å². The topological polar surface area (TPSA) is 139 Å². The Morgan fingerprint density at radius 2 is 1.59 bits per heavy atom. The average Bonchev–Trinajstić information content (AvgIpc) is 2.84. The van der Waals surface area contributed by atoms with Crippen molar-refractivity contribution in [1.82, 2.24) is 5.32 Å². The number of aliphatic hydroxyl groups is 1. The summed E-state index contributed by atoms with van der Waals surface area (Å²) in [6.45, 7) is 13.2. The van der Waals surface area contributed by atoms with Crippen molar-refractivity contribution in [3.05, 3.63) is 63.7 Å². The first-order chi connectivity index (χ1) is 18.0. The highest BCUT2D eigenvalue weighted by Crippen LogP contribution is 2.34. The van der Waals surface area contributed by atoms with E-state index in [-0.39, 0.29) is 17.2 Å². The summed E-state index contributed by atoms with van der Waals surface area (Å²) in [6, 6.07) is 7.25. The van der Waals surface area contributed by atoms with E-state index in [1.807, 2.05) is 13.8 Å². The predicted molar refractivity (Wildman–Crippen MR) is 149 cm³/mol. The minimum atomic E-state index is -1.42. The Bertz CT molecular complexity index is 1220. The zero-order valence-electron chi connectivity index (χ0n) is 23.9. The normalized spacial score (nSPS) is 14.2. The lowest BCUT2D eigenvalue weighted by Crippen LogP contribution is -2.45. The number of aromatic hydroxyl groups is 1. The van der Waals surface area contributed by atoms with E-state index in [2.05, 4.69) is 5.32 Å². The molecule has 1 amide bonds. The molecule has 0 saturated carbocycles. The number of phenolic OH excluding ortho intramolecular Hbond substituents is 1. The number of ether oxygens (including phenoxy) is 2. The van der Waals surface area contributed by atoms with Crippen LogP contribution in [0.2, 0.25) is 0 Å². The Hall–Kier alpha value is -3.16. The van der Waals surface area contributed by atoms with Gasteiger partial charge < -0.3 is 29.6 Å². The van der Waals surface area contributed by atoms with Crippen molar-refractivity contribution in [1.29, 1.82) is 0 Å². The van der Waals surface area contributed by atoms with E-state index < -0.39 is 49.9 Å². The van der Waals surface area contributed by atoms with Gasteiger partial charge in [-0.3, -0.25) is 9.59 Å². The summed E-state index contributed by atoms with van der Waals surface area (Å²) in [5.41, 5.74) is 3.33. The van der Waals surface area contributed by atoms with Gasteiger partial charge in [-0.15, -0.1) is 0 Å². The molecule has 2 aromatic rings. The number of esters is 2. The first-order valence-corrected chi connectivity index (χ1v) is 13.8. The van der Waals surface area contributed by atoms with Crippen molar-refractivity contribution in [2.45, 2.75) is 73.2 Å². The molecule has 0 aliphatic carbocycles. The van der Waals surface area contributed by atoms with Crippen LogP contribution in [-0.4, -0.2) is 40.9 Å². The second-order valence-corrected chi connectivity index (χ2v) is 12.7. The number of phenols is 1. The molecule has 0 radical (unpaired) electrons. The number of aryl methyl sites for hydroxylation is 2. The van der Waals surface area contributed by atoms with Crippen molar-refractivity contribution in [3.8, 4) is 5.75 Å². The average molecular weight is 562 g/mol. The van der Waals surface area contributed by atoms with E-state index in [9.17, 15) is 29.2 Å². The van der Waals surface area contributed by atoms with Gasteiger partial charge in [-0.05, 0) is 93.8 Å². The molecule has 3 atom stereocenters. The number of carbonyl (C=O) groups is 3. The summed E-state index contributed by atoms with van der Waals surface area (Å²) in [7, 11) is -1.42. The number of benzene rings is 2. The molecular formula is C29H40NO8P. The number of carbonyl (C=O) groups excluding carboxylic acids is 3. The van der Waals surface area contributed by atoms with Crippen LogP contribution in [0.5, 0.6) is 5.75 Å². The highest BCUT2D eigenvalue weighted by atomic mass is 31.1. The van der Waals surface area contributed by atoms with E-state index in [4.69, 9.17) is 9.47 Å². The van der Waals surface area contributed by atoms with Crippen molar-refractivity contribution >= 4 is 26.3 Å². The van der Waals surface area contributed by atoms with Crippen LogP contribution in [0.15, 0.2) is 30.3 Å². The van der Waals surface area contributed by atoms with Crippen LogP contribution in [-0.2, 0) is 35.4 Å². The molecule has 39 heavy (non-hydrogen) atoms. The standard InChI is InChI=1S/C29H40NO8P/c1-16(2)24(26(33)37-15-38-27(34)28(5,6)7)30-25(32)22-14-19(9-10-23(22)31)13-21-17(3)11-20(12-18(21)4)29(8,35)39-36/h9-12,14,16,24,31,35H,13,15,39H2,1-8H3,(H,30,32). The molecule has 214 valence electrons. The fourth-order valence-electron chi connectivity index (χ4n) is 3.88. The molecule has 0 spiro atoms. The number of hydrogen-bond donors (Lipinski definition) is 3. The van der Waals surface area contributed by atoms with Crippen LogP contribution in [0, 0.1) is 25.2 Å². The molecule has 9 nitrogen and oxygen atoms in total. The second-order valence-electron chi connectivity index (χ2n) is 11.3. The van der Waals surface area contributed by atoms with Crippen LogP contribution in [0.1, 0.15) is 79.7 Å². The molecule has 0 fully saturated rings. The third-order valence-corrected chi connectivity index (χ3v) is 7.20. The van der Waals surface area contributed by atoms with E-state index in [0.29, 0.717) is 12.0 Å². The highest BCUT2D eigenvalue weighted by molar-refractivity contribution is 7.25. The van der Waals surface area contributed by atoms with Gasteiger partial charge in [0, 0.05) is 0 Å². The van der Waals surface area contributed by atoms with Gasteiger partial charge in [0.2, 0.25) is 6.79 Å². The molecule has 0 saturated heterocycles. The fraction of sp³-hybridized carbons (Fsp3) is 0.483. The van der Waals surface area contributed by atoms with E-state index in [1.54, 1.807) is 58.9 Å². The molecule has 0 aliphatic heterocycles. The van der Waals surface area contributed by atoms with Crippen LogP contribution < -0.4 is 5.32 Å². The largest absolute Gasteiger partial charge is 0.507 e. The third kappa shape index (κ3) is 8.41. The highest BCUT2D eigenvalue weighted by Gasteiger charge is 2.29. The molecule has 10 heteroatoms. The Labute approximate surface area is 231 Å². The van der Waals surface area contributed by atoms with Gasteiger partial charge in [0.1, 0.15) is 17.1 Å². The van der Waals surface area contributed by atoms with Gasteiger partial charge in [0.05, 0.1) is 19.4 Å². The first kappa shape index (κ1) is 32.1. The molecule has 2 rings (SSSR count). The maximum atomic E-state index is 13.1. The summed E-state index contributed by atoms with van der Waals surface area (Å²) in [5.74, 6) is -2.54. The Kier molecular flexibility index (Phi) is 10.5. The van der Waals surface area contributed by atoms with E-state index in [1.165, 1.54) is 13.0 Å².